The molecule has 2 rings (SSSR count). The van der Waals surface area contributed by atoms with Crippen molar-refractivity contribution in [3.63, 3.8) is 0 Å². The summed E-state index contributed by atoms with van der Waals surface area (Å²) in [5, 5.41) is 1.42. The fourth-order valence-corrected chi connectivity index (χ4v) is 3.75. The van der Waals surface area contributed by atoms with Crippen molar-refractivity contribution in [3.8, 4) is 11.3 Å². The Kier molecular flexibility index (Phi) is 4.49. The third-order valence-electron chi connectivity index (χ3n) is 2.69. The lowest BCUT2D eigenvalue weighted by atomic mass is 10.1. The number of thiazole rings is 1. The maximum Gasteiger partial charge on any atom is 0.209 e. The molecule has 1 aromatic carbocycles. The van der Waals surface area contributed by atoms with Crippen LogP contribution in [0, 0.1) is 6.92 Å². The van der Waals surface area contributed by atoms with Crippen LogP contribution < -0.4 is 4.72 Å². The molecule has 0 unspecified atom stereocenters. The molecule has 0 radical (unpaired) electrons. The summed E-state index contributed by atoms with van der Waals surface area (Å²) in [6.45, 7) is 3.75. The molecule has 0 spiro atoms. The van der Waals surface area contributed by atoms with Gasteiger partial charge in [0.15, 0.2) is 0 Å². The number of sulfonamides is 1. The summed E-state index contributed by atoms with van der Waals surface area (Å²) in [5.41, 5.74) is 1.84. The third kappa shape index (κ3) is 3.79. The molecule has 20 heavy (non-hydrogen) atoms. The smallest absolute Gasteiger partial charge is 0.209 e. The Morgan fingerprint density at radius 3 is 2.45 bits per heavy atom. The molecular formula is C13H15ClN2O2S2. The van der Waals surface area contributed by atoms with Gasteiger partial charge in [-0.3, -0.25) is 0 Å². The van der Waals surface area contributed by atoms with Crippen molar-refractivity contribution in [1.82, 2.24) is 9.71 Å². The minimum absolute atomic E-state index is 0.338. The van der Waals surface area contributed by atoms with E-state index >= 15 is 0 Å². The van der Waals surface area contributed by atoms with E-state index in [-0.39, 0.29) is 6.04 Å². The lowest BCUT2D eigenvalue weighted by Gasteiger charge is -2.08. The lowest BCUT2D eigenvalue weighted by molar-refractivity contribution is 0.572. The van der Waals surface area contributed by atoms with Crippen molar-refractivity contribution in [2.45, 2.75) is 19.9 Å². The summed E-state index contributed by atoms with van der Waals surface area (Å²) < 4.78 is 25.1. The van der Waals surface area contributed by atoms with Crippen LogP contribution in [-0.4, -0.2) is 19.7 Å². The molecule has 0 aliphatic heterocycles. The predicted molar refractivity (Wildman–Crippen MR) is 83.7 cm³/mol. The van der Waals surface area contributed by atoms with Crippen LogP contribution in [-0.2, 0) is 10.0 Å². The molecular weight excluding hydrogens is 316 g/mol. The lowest BCUT2D eigenvalue weighted by Crippen LogP contribution is -2.25. The summed E-state index contributed by atoms with van der Waals surface area (Å²) in [4.78, 5) is 5.59. The summed E-state index contributed by atoms with van der Waals surface area (Å²) in [7, 11) is -3.25. The van der Waals surface area contributed by atoms with Gasteiger partial charge in [0.2, 0.25) is 10.0 Å². The first-order valence-corrected chi connectivity index (χ1v) is 9.05. The van der Waals surface area contributed by atoms with E-state index in [1.54, 1.807) is 6.92 Å². The zero-order valence-electron chi connectivity index (χ0n) is 11.3. The van der Waals surface area contributed by atoms with Gasteiger partial charge in [0.05, 0.1) is 18.0 Å². The van der Waals surface area contributed by atoms with Crippen molar-refractivity contribution >= 4 is 33.0 Å². The van der Waals surface area contributed by atoms with E-state index in [1.165, 1.54) is 11.3 Å². The Bertz CT molecular complexity index is 708. The van der Waals surface area contributed by atoms with Gasteiger partial charge in [-0.05, 0) is 26.0 Å². The second kappa shape index (κ2) is 5.81. The van der Waals surface area contributed by atoms with Crippen LogP contribution in [0.5, 0.6) is 0 Å². The summed E-state index contributed by atoms with van der Waals surface area (Å²) in [6, 6.07) is 7.10. The van der Waals surface area contributed by atoms with Gasteiger partial charge in [0, 0.05) is 15.5 Å². The maximum atomic E-state index is 11.3. The van der Waals surface area contributed by atoms with Gasteiger partial charge in [0.1, 0.15) is 5.01 Å². The molecule has 1 atom stereocenters. The van der Waals surface area contributed by atoms with E-state index in [2.05, 4.69) is 9.71 Å². The average Bonchev–Trinajstić information content (AvgIpc) is 2.70. The number of aryl methyl sites for hydroxylation is 1. The van der Waals surface area contributed by atoms with E-state index in [0.717, 1.165) is 27.4 Å². The molecule has 0 aliphatic carbocycles. The van der Waals surface area contributed by atoms with Crippen LogP contribution >= 0.6 is 22.9 Å². The first-order valence-electron chi connectivity index (χ1n) is 5.97. The number of nitrogens with zero attached hydrogens (tertiary/aromatic N) is 1. The number of hydrogen-bond acceptors (Lipinski definition) is 4. The average molecular weight is 331 g/mol. The number of halogens is 1. The second-order valence-corrected chi connectivity index (χ2v) is 8.03. The van der Waals surface area contributed by atoms with E-state index in [4.69, 9.17) is 11.6 Å². The van der Waals surface area contributed by atoms with Gasteiger partial charge in [-0.1, -0.05) is 23.7 Å². The van der Waals surface area contributed by atoms with Crippen LogP contribution in [0.3, 0.4) is 0 Å². The fourth-order valence-electron chi connectivity index (χ4n) is 1.85. The number of aromatic nitrogens is 1. The van der Waals surface area contributed by atoms with Crippen molar-refractivity contribution in [1.29, 1.82) is 0 Å². The summed E-state index contributed by atoms with van der Waals surface area (Å²) >= 11 is 7.36. The SMILES string of the molecule is Cc1sc([C@@H](C)NS(C)(=O)=O)nc1-c1ccc(Cl)cc1. The summed E-state index contributed by atoms with van der Waals surface area (Å²) in [5.74, 6) is 0. The van der Waals surface area contributed by atoms with Crippen LogP contribution in [0.2, 0.25) is 5.02 Å². The molecule has 4 nitrogen and oxygen atoms in total. The van der Waals surface area contributed by atoms with Gasteiger partial charge in [0.25, 0.3) is 0 Å². The number of benzene rings is 1. The largest absolute Gasteiger partial charge is 0.239 e. The number of rotatable bonds is 4. The normalized spacial score (nSPS) is 13.4. The van der Waals surface area contributed by atoms with E-state index < -0.39 is 10.0 Å². The number of hydrogen-bond donors (Lipinski definition) is 1. The maximum absolute atomic E-state index is 11.3. The Balaban J connectivity index is 2.32. The quantitative estimate of drug-likeness (QED) is 0.934. The van der Waals surface area contributed by atoms with Crippen LogP contribution in [0.15, 0.2) is 24.3 Å². The van der Waals surface area contributed by atoms with E-state index in [1.807, 2.05) is 31.2 Å². The molecule has 0 saturated carbocycles. The highest BCUT2D eigenvalue weighted by atomic mass is 35.5. The molecule has 0 fully saturated rings. The Labute approximate surface area is 127 Å². The van der Waals surface area contributed by atoms with Crippen molar-refractivity contribution in [2.24, 2.45) is 0 Å². The highest BCUT2D eigenvalue weighted by Gasteiger charge is 2.17. The van der Waals surface area contributed by atoms with E-state index in [9.17, 15) is 8.42 Å². The summed E-state index contributed by atoms with van der Waals surface area (Å²) in [6.07, 6.45) is 1.14. The second-order valence-electron chi connectivity index (χ2n) is 4.58. The van der Waals surface area contributed by atoms with Crippen LogP contribution in [0.4, 0.5) is 0 Å². The van der Waals surface area contributed by atoms with E-state index in [0.29, 0.717) is 5.02 Å². The Morgan fingerprint density at radius 2 is 1.90 bits per heavy atom. The Hall–Kier alpha value is -0.950. The molecule has 2 aromatic rings. The van der Waals surface area contributed by atoms with Gasteiger partial charge >= 0.3 is 0 Å². The van der Waals surface area contributed by atoms with Crippen molar-refractivity contribution in [3.05, 3.63) is 39.2 Å². The molecule has 108 valence electrons. The first-order chi connectivity index (χ1) is 9.26. The molecule has 1 N–H and O–H groups in total. The molecule has 1 aromatic heterocycles. The molecule has 0 bridgehead atoms. The fraction of sp³-hybridized carbons (Fsp3) is 0.308. The first kappa shape index (κ1) is 15.4. The zero-order chi connectivity index (χ0) is 14.9. The van der Waals surface area contributed by atoms with Crippen molar-refractivity contribution in [2.75, 3.05) is 6.26 Å². The van der Waals surface area contributed by atoms with Gasteiger partial charge in [-0.25, -0.2) is 18.1 Å². The minimum atomic E-state index is -3.25. The molecule has 0 amide bonds. The molecule has 0 aliphatic rings. The van der Waals surface area contributed by atoms with Crippen LogP contribution in [0.1, 0.15) is 22.9 Å². The predicted octanol–water partition coefficient (Wildman–Crippen LogP) is 3.38. The highest BCUT2D eigenvalue weighted by Crippen LogP contribution is 2.31. The van der Waals surface area contributed by atoms with Crippen molar-refractivity contribution < 1.29 is 8.42 Å². The minimum Gasteiger partial charge on any atom is -0.239 e. The number of nitrogens with one attached hydrogen (secondary N) is 1. The van der Waals surface area contributed by atoms with Gasteiger partial charge in [-0.15, -0.1) is 11.3 Å². The molecule has 1 heterocycles. The van der Waals surface area contributed by atoms with Gasteiger partial charge in [-0.2, -0.15) is 0 Å². The monoisotopic (exact) mass is 330 g/mol. The third-order valence-corrected chi connectivity index (χ3v) is 4.88. The van der Waals surface area contributed by atoms with Gasteiger partial charge < -0.3 is 0 Å². The zero-order valence-corrected chi connectivity index (χ0v) is 13.7. The van der Waals surface area contributed by atoms with Crippen LogP contribution in [0.25, 0.3) is 11.3 Å². The highest BCUT2D eigenvalue weighted by molar-refractivity contribution is 7.88. The molecule has 7 heteroatoms. The standard InChI is InChI=1S/C13H15ClN2O2S2/c1-8(16-20(3,17)18)13-15-12(9(2)19-13)10-4-6-11(14)7-5-10/h4-8,16H,1-3H3/t8-/m1/s1. The topological polar surface area (TPSA) is 59.1 Å². The Morgan fingerprint density at radius 1 is 1.30 bits per heavy atom. The molecule has 0 saturated heterocycles.